The Morgan fingerprint density at radius 3 is 2.73 bits per heavy atom. The van der Waals surface area contributed by atoms with Gasteiger partial charge in [0.15, 0.2) is 5.96 Å². The molecule has 1 aromatic heterocycles. The maximum absolute atomic E-state index is 5.13. The average molecular weight is 307 g/mol. The van der Waals surface area contributed by atoms with E-state index in [0.29, 0.717) is 12.6 Å². The van der Waals surface area contributed by atoms with E-state index in [1.807, 2.05) is 11.7 Å². The molecule has 1 aromatic rings. The van der Waals surface area contributed by atoms with Gasteiger partial charge in [0, 0.05) is 38.0 Å². The smallest absolute Gasteiger partial charge is 0.191 e. The first-order valence-electron chi connectivity index (χ1n) is 8.14. The Balaban J connectivity index is 1.93. The van der Waals surface area contributed by atoms with Crippen LogP contribution in [0.25, 0.3) is 0 Å². The third kappa shape index (κ3) is 4.22. The molecule has 0 spiro atoms. The first-order chi connectivity index (χ1) is 10.7. The quantitative estimate of drug-likeness (QED) is 0.621. The van der Waals surface area contributed by atoms with Gasteiger partial charge in [0.05, 0.1) is 18.8 Å². The Labute approximate surface area is 133 Å². The highest BCUT2D eigenvalue weighted by atomic mass is 16.5. The number of methoxy groups -OCH3 is 1. The van der Waals surface area contributed by atoms with Crippen LogP contribution in [0, 0.1) is 13.8 Å². The van der Waals surface area contributed by atoms with E-state index in [2.05, 4.69) is 34.6 Å². The van der Waals surface area contributed by atoms with Crippen molar-refractivity contribution in [1.29, 1.82) is 0 Å². The summed E-state index contributed by atoms with van der Waals surface area (Å²) in [6.07, 6.45) is 5.12. The van der Waals surface area contributed by atoms with Crippen molar-refractivity contribution in [3.05, 3.63) is 17.0 Å². The average Bonchev–Trinajstić information content (AvgIpc) is 3.11. The van der Waals surface area contributed by atoms with Crippen LogP contribution in [0.15, 0.2) is 4.99 Å². The second kappa shape index (κ2) is 8.17. The summed E-state index contributed by atoms with van der Waals surface area (Å²) in [5.74, 6) is 0.885. The lowest BCUT2D eigenvalue weighted by Gasteiger charge is -2.17. The number of ether oxygens (including phenoxy) is 1. The lowest BCUT2D eigenvalue weighted by Crippen LogP contribution is -2.42. The van der Waals surface area contributed by atoms with Crippen molar-refractivity contribution < 1.29 is 4.74 Å². The normalized spacial score (nSPS) is 16.3. The van der Waals surface area contributed by atoms with E-state index in [1.54, 1.807) is 7.11 Å². The summed E-state index contributed by atoms with van der Waals surface area (Å²) in [6, 6.07) is 0.567. The van der Waals surface area contributed by atoms with Crippen molar-refractivity contribution >= 4 is 5.96 Å². The number of aromatic nitrogens is 2. The van der Waals surface area contributed by atoms with Crippen LogP contribution < -0.4 is 10.6 Å². The molecule has 1 fully saturated rings. The zero-order chi connectivity index (χ0) is 15.9. The molecule has 2 rings (SSSR count). The summed E-state index contributed by atoms with van der Waals surface area (Å²) in [5.41, 5.74) is 3.50. The minimum Gasteiger partial charge on any atom is -0.383 e. The molecule has 124 valence electrons. The zero-order valence-electron chi connectivity index (χ0n) is 14.3. The first-order valence-corrected chi connectivity index (χ1v) is 8.14. The second-order valence-corrected chi connectivity index (χ2v) is 5.92. The van der Waals surface area contributed by atoms with Crippen LogP contribution in [0.3, 0.4) is 0 Å². The Morgan fingerprint density at radius 2 is 2.09 bits per heavy atom. The highest BCUT2D eigenvalue weighted by molar-refractivity contribution is 5.80. The number of guanidine groups is 1. The van der Waals surface area contributed by atoms with Gasteiger partial charge in [-0.05, 0) is 26.7 Å². The standard InChI is InChI=1S/C16H29N5O/c1-12-15(13(2)21(20-12)9-10-22-4)11-18-16(17-3)19-14-7-5-6-8-14/h14H,5-11H2,1-4H3,(H2,17,18,19). The maximum atomic E-state index is 5.13. The molecule has 6 heteroatoms. The Hall–Kier alpha value is -1.56. The molecule has 0 saturated heterocycles. The van der Waals surface area contributed by atoms with Gasteiger partial charge in [-0.1, -0.05) is 12.8 Å². The summed E-state index contributed by atoms with van der Waals surface area (Å²) in [7, 11) is 3.54. The summed E-state index contributed by atoms with van der Waals surface area (Å²) in [4.78, 5) is 4.33. The largest absolute Gasteiger partial charge is 0.383 e. The SMILES string of the molecule is CN=C(NCc1c(C)nn(CCOC)c1C)NC1CCCC1. The fourth-order valence-corrected chi connectivity index (χ4v) is 3.02. The highest BCUT2D eigenvalue weighted by Gasteiger charge is 2.17. The molecule has 1 aliphatic rings. The molecule has 0 aromatic carbocycles. The van der Waals surface area contributed by atoms with E-state index in [9.17, 15) is 0 Å². The molecule has 0 atom stereocenters. The molecule has 0 amide bonds. The fourth-order valence-electron chi connectivity index (χ4n) is 3.02. The van der Waals surface area contributed by atoms with Gasteiger partial charge in [-0.2, -0.15) is 5.10 Å². The van der Waals surface area contributed by atoms with E-state index in [0.717, 1.165) is 24.7 Å². The van der Waals surface area contributed by atoms with Crippen molar-refractivity contribution in [3.8, 4) is 0 Å². The summed E-state index contributed by atoms with van der Waals surface area (Å²) >= 11 is 0. The lowest BCUT2D eigenvalue weighted by molar-refractivity contribution is 0.182. The van der Waals surface area contributed by atoms with Crippen molar-refractivity contribution in [2.24, 2.45) is 4.99 Å². The Bertz CT molecular complexity index is 503. The van der Waals surface area contributed by atoms with E-state index in [4.69, 9.17) is 4.74 Å². The van der Waals surface area contributed by atoms with Crippen molar-refractivity contribution in [2.75, 3.05) is 20.8 Å². The third-order valence-electron chi connectivity index (χ3n) is 4.39. The van der Waals surface area contributed by atoms with Crippen LogP contribution in [0.2, 0.25) is 0 Å². The van der Waals surface area contributed by atoms with E-state index in [-0.39, 0.29) is 0 Å². The topological polar surface area (TPSA) is 63.5 Å². The van der Waals surface area contributed by atoms with E-state index < -0.39 is 0 Å². The number of rotatable bonds is 6. The number of hydrogen-bond acceptors (Lipinski definition) is 3. The van der Waals surface area contributed by atoms with Crippen LogP contribution in [-0.4, -0.2) is 42.5 Å². The number of aliphatic imine (C=N–C) groups is 1. The molecule has 6 nitrogen and oxygen atoms in total. The molecule has 0 radical (unpaired) electrons. The van der Waals surface area contributed by atoms with Gasteiger partial charge < -0.3 is 15.4 Å². The van der Waals surface area contributed by atoms with Crippen LogP contribution >= 0.6 is 0 Å². The zero-order valence-corrected chi connectivity index (χ0v) is 14.3. The molecule has 22 heavy (non-hydrogen) atoms. The lowest BCUT2D eigenvalue weighted by atomic mass is 10.2. The predicted octanol–water partition coefficient (Wildman–Crippen LogP) is 1.75. The molecule has 0 bridgehead atoms. The van der Waals surface area contributed by atoms with Crippen LogP contribution in [-0.2, 0) is 17.8 Å². The molecule has 2 N–H and O–H groups in total. The Morgan fingerprint density at radius 1 is 1.36 bits per heavy atom. The molecule has 1 heterocycles. The van der Waals surface area contributed by atoms with Gasteiger partial charge in [0.1, 0.15) is 0 Å². The Kier molecular flexibility index (Phi) is 6.24. The van der Waals surface area contributed by atoms with Crippen molar-refractivity contribution in [1.82, 2.24) is 20.4 Å². The highest BCUT2D eigenvalue weighted by Crippen LogP contribution is 2.17. The monoisotopic (exact) mass is 307 g/mol. The fraction of sp³-hybridized carbons (Fsp3) is 0.750. The molecular formula is C16H29N5O. The van der Waals surface area contributed by atoms with Crippen LogP contribution in [0.1, 0.15) is 42.6 Å². The predicted molar refractivity (Wildman–Crippen MR) is 89.2 cm³/mol. The molecule has 1 aliphatic carbocycles. The molecule has 1 saturated carbocycles. The summed E-state index contributed by atoms with van der Waals surface area (Å²) in [6.45, 7) is 6.38. The molecular weight excluding hydrogens is 278 g/mol. The van der Waals surface area contributed by atoms with Gasteiger partial charge >= 0.3 is 0 Å². The van der Waals surface area contributed by atoms with E-state index >= 15 is 0 Å². The number of nitrogens with one attached hydrogen (secondary N) is 2. The third-order valence-corrected chi connectivity index (χ3v) is 4.39. The van der Waals surface area contributed by atoms with Gasteiger partial charge in [-0.3, -0.25) is 9.67 Å². The van der Waals surface area contributed by atoms with Gasteiger partial charge in [-0.15, -0.1) is 0 Å². The van der Waals surface area contributed by atoms with Crippen molar-refractivity contribution in [2.45, 2.75) is 58.7 Å². The summed E-state index contributed by atoms with van der Waals surface area (Å²) in [5, 5.41) is 11.5. The first kappa shape index (κ1) is 16.8. The van der Waals surface area contributed by atoms with E-state index in [1.165, 1.54) is 36.9 Å². The second-order valence-electron chi connectivity index (χ2n) is 5.92. The minimum atomic E-state index is 0.567. The number of hydrogen-bond donors (Lipinski definition) is 2. The number of aryl methyl sites for hydroxylation is 1. The van der Waals surface area contributed by atoms with Crippen molar-refractivity contribution in [3.63, 3.8) is 0 Å². The van der Waals surface area contributed by atoms with Gasteiger partial charge in [0.25, 0.3) is 0 Å². The molecule has 0 unspecified atom stereocenters. The van der Waals surface area contributed by atoms with Gasteiger partial charge in [0.2, 0.25) is 0 Å². The minimum absolute atomic E-state index is 0.567. The maximum Gasteiger partial charge on any atom is 0.191 e. The van der Waals surface area contributed by atoms with Gasteiger partial charge in [-0.25, -0.2) is 0 Å². The van der Waals surface area contributed by atoms with Crippen LogP contribution in [0.5, 0.6) is 0 Å². The molecule has 0 aliphatic heterocycles. The number of nitrogens with zero attached hydrogens (tertiary/aromatic N) is 3. The summed E-state index contributed by atoms with van der Waals surface area (Å²) < 4.78 is 7.15. The van der Waals surface area contributed by atoms with Crippen LogP contribution in [0.4, 0.5) is 0 Å².